The molecule has 5 nitrogen and oxygen atoms in total. The van der Waals surface area contributed by atoms with Crippen LogP contribution in [0.25, 0.3) is 0 Å². The zero-order valence-electron chi connectivity index (χ0n) is 9.86. The zero-order chi connectivity index (χ0) is 12.3. The fourth-order valence-corrected chi connectivity index (χ4v) is 1.64. The molecule has 0 bridgehead atoms. The molecule has 0 spiro atoms. The third kappa shape index (κ3) is 2.43. The number of anilines is 1. The van der Waals surface area contributed by atoms with Gasteiger partial charge in [0.25, 0.3) is 0 Å². The minimum Gasteiger partial charge on any atom is -0.497 e. The molecule has 0 aliphatic carbocycles. The first-order chi connectivity index (χ1) is 8.24. The van der Waals surface area contributed by atoms with Crippen LogP contribution in [0.15, 0.2) is 18.2 Å². The summed E-state index contributed by atoms with van der Waals surface area (Å²) in [5.74, 6) is 0.942. The van der Waals surface area contributed by atoms with Gasteiger partial charge in [-0.25, -0.2) is 4.79 Å². The molecule has 1 aliphatic rings. The maximum absolute atomic E-state index is 11.5. The predicted octanol–water partition coefficient (Wildman–Crippen LogP) is 1.43. The second kappa shape index (κ2) is 4.95. The van der Waals surface area contributed by atoms with Crippen molar-refractivity contribution in [3.8, 4) is 11.5 Å². The Morgan fingerprint density at radius 2 is 2.41 bits per heavy atom. The fraction of sp³-hybridized carbons (Fsp3) is 0.417. The molecule has 1 N–H and O–H groups in total. The monoisotopic (exact) mass is 237 g/mol. The highest BCUT2D eigenvalue weighted by atomic mass is 16.6. The van der Waals surface area contributed by atoms with Gasteiger partial charge >= 0.3 is 5.97 Å². The molecule has 1 unspecified atom stereocenters. The number of esters is 1. The van der Waals surface area contributed by atoms with Crippen LogP contribution in [0.2, 0.25) is 0 Å². The highest BCUT2D eigenvalue weighted by Crippen LogP contribution is 2.32. The molecular weight excluding hydrogens is 222 g/mol. The molecule has 5 heteroatoms. The molecule has 0 radical (unpaired) electrons. The lowest BCUT2D eigenvalue weighted by atomic mass is 10.2. The van der Waals surface area contributed by atoms with Gasteiger partial charge in [-0.05, 0) is 19.1 Å². The SMILES string of the molecule is CCOC(=O)C1CNc2ccc(OC)cc2O1. The quantitative estimate of drug-likeness (QED) is 0.806. The Labute approximate surface area is 99.7 Å². The Balaban J connectivity index is 2.14. The van der Waals surface area contributed by atoms with Gasteiger partial charge in [-0.1, -0.05) is 0 Å². The van der Waals surface area contributed by atoms with Crippen LogP contribution in [0, 0.1) is 0 Å². The summed E-state index contributed by atoms with van der Waals surface area (Å²) >= 11 is 0. The van der Waals surface area contributed by atoms with Crippen LogP contribution in [0.5, 0.6) is 11.5 Å². The van der Waals surface area contributed by atoms with E-state index in [2.05, 4.69) is 5.32 Å². The highest BCUT2D eigenvalue weighted by Gasteiger charge is 2.27. The summed E-state index contributed by atoms with van der Waals surface area (Å²) in [4.78, 5) is 11.5. The number of hydrogen-bond acceptors (Lipinski definition) is 5. The molecule has 1 atom stereocenters. The average molecular weight is 237 g/mol. The molecule has 0 saturated carbocycles. The van der Waals surface area contributed by atoms with Crippen LogP contribution in [0.3, 0.4) is 0 Å². The molecule has 1 aromatic carbocycles. The first-order valence-electron chi connectivity index (χ1n) is 5.49. The van der Waals surface area contributed by atoms with Gasteiger partial charge in [-0.2, -0.15) is 0 Å². The molecule has 0 amide bonds. The van der Waals surface area contributed by atoms with Crippen molar-refractivity contribution in [2.45, 2.75) is 13.0 Å². The number of fused-ring (bicyclic) bond motifs is 1. The van der Waals surface area contributed by atoms with E-state index in [1.165, 1.54) is 0 Å². The zero-order valence-corrected chi connectivity index (χ0v) is 9.86. The van der Waals surface area contributed by atoms with E-state index in [1.807, 2.05) is 12.1 Å². The second-order valence-electron chi connectivity index (χ2n) is 3.60. The highest BCUT2D eigenvalue weighted by molar-refractivity contribution is 5.78. The van der Waals surface area contributed by atoms with Crippen molar-refractivity contribution in [3.63, 3.8) is 0 Å². The first kappa shape index (κ1) is 11.6. The number of benzene rings is 1. The molecule has 0 fully saturated rings. The van der Waals surface area contributed by atoms with E-state index in [9.17, 15) is 4.79 Å². The van der Waals surface area contributed by atoms with Crippen molar-refractivity contribution in [2.75, 3.05) is 25.6 Å². The van der Waals surface area contributed by atoms with E-state index in [4.69, 9.17) is 14.2 Å². The number of hydrogen-bond donors (Lipinski definition) is 1. The summed E-state index contributed by atoms with van der Waals surface area (Å²) in [7, 11) is 1.58. The molecule has 92 valence electrons. The van der Waals surface area contributed by atoms with Crippen molar-refractivity contribution in [3.05, 3.63) is 18.2 Å². The van der Waals surface area contributed by atoms with Crippen molar-refractivity contribution < 1.29 is 19.0 Å². The summed E-state index contributed by atoms with van der Waals surface area (Å²) in [6.07, 6.45) is -0.602. The maximum atomic E-state index is 11.5. The van der Waals surface area contributed by atoms with Crippen LogP contribution in [-0.4, -0.2) is 32.3 Å². The third-order valence-electron chi connectivity index (χ3n) is 2.49. The molecule has 2 rings (SSSR count). The summed E-state index contributed by atoms with van der Waals surface area (Å²) in [6.45, 7) is 2.53. The minimum absolute atomic E-state index is 0.351. The average Bonchev–Trinajstić information content (AvgIpc) is 2.37. The number of ether oxygens (including phenoxy) is 3. The molecule has 1 aliphatic heterocycles. The number of carbonyl (C=O) groups excluding carboxylic acids is 1. The van der Waals surface area contributed by atoms with Crippen LogP contribution >= 0.6 is 0 Å². The Bertz CT molecular complexity index is 419. The van der Waals surface area contributed by atoms with E-state index in [-0.39, 0.29) is 5.97 Å². The lowest BCUT2D eigenvalue weighted by Crippen LogP contribution is -2.38. The summed E-state index contributed by atoms with van der Waals surface area (Å²) in [5, 5.41) is 3.12. The van der Waals surface area contributed by atoms with Crippen LogP contribution in [0.4, 0.5) is 5.69 Å². The van der Waals surface area contributed by atoms with Gasteiger partial charge in [-0.3, -0.25) is 0 Å². The number of carbonyl (C=O) groups is 1. The standard InChI is InChI=1S/C12H15NO4/c1-3-16-12(14)11-7-13-9-5-4-8(15-2)6-10(9)17-11/h4-6,11,13H,3,7H2,1-2H3. The Morgan fingerprint density at radius 3 is 3.12 bits per heavy atom. The van der Waals surface area contributed by atoms with Gasteiger partial charge in [0.05, 0.1) is 25.9 Å². The van der Waals surface area contributed by atoms with E-state index >= 15 is 0 Å². The van der Waals surface area contributed by atoms with E-state index < -0.39 is 6.10 Å². The Morgan fingerprint density at radius 1 is 1.59 bits per heavy atom. The van der Waals surface area contributed by atoms with Crippen LogP contribution in [-0.2, 0) is 9.53 Å². The minimum atomic E-state index is -0.602. The van der Waals surface area contributed by atoms with Gasteiger partial charge in [0.15, 0.2) is 0 Å². The van der Waals surface area contributed by atoms with Gasteiger partial charge < -0.3 is 19.5 Å². The molecule has 0 aromatic heterocycles. The van der Waals surface area contributed by atoms with Crippen LogP contribution < -0.4 is 14.8 Å². The van der Waals surface area contributed by atoms with Gasteiger partial charge in [-0.15, -0.1) is 0 Å². The van der Waals surface area contributed by atoms with Crippen molar-refractivity contribution in [1.82, 2.24) is 0 Å². The summed E-state index contributed by atoms with van der Waals surface area (Å²) in [6, 6.07) is 5.43. The van der Waals surface area contributed by atoms with Gasteiger partial charge in [0.1, 0.15) is 11.5 Å². The summed E-state index contributed by atoms with van der Waals surface area (Å²) < 4.78 is 15.6. The maximum Gasteiger partial charge on any atom is 0.349 e. The van der Waals surface area contributed by atoms with Crippen molar-refractivity contribution in [2.24, 2.45) is 0 Å². The van der Waals surface area contributed by atoms with Crippen LogP contribution in [0.1, 0.15) is 6.92 Å². The van der Waals surface area contributed by atoms with E-state index in [0.717, 1.165) is 5.69 Å². The smallest absolute Gasteiger partial charge is 0.349 e. The first-order valence-corrected chi connectivity index (χ1v) is 5.49. The lowest BCUT2D eigenvalue weighted by Gasteiger charge is -2.26. The van der Waals surface area contributed by atoms with E-state index in [1.54, 1.807) is 20.1 Å². The fourth-order valence-electron chi connectivity index (χ4n) is 1.64. The molecular formula is C12H15NO4. The summed E-state index contributed by atoms with van der Waals surface area (Å²) in [5.41, 5.74) is 0.853. The molecule has 17 heavy (non-hydrogen) atoms. The number of nitrogens with one attached hydrogen (secondary N) is 1. The number of rotatable bonds is 3. The van der Waals surface area contributed by atoms with Gasteiger partial charge in [0.2, 0.25) is 6.10 Å². The normalized spacial score (nSPS) is 17.4. The predicted molar refractivity (Wildman–Crippen MR) is 62.5 cm³/mol. The van der Waals surface area contributed by atoms with Crippen molar-refractivity contribution >= 4 is 11.7 Å². The van der Waals surface area contributed by atoms with E-state index in [0.29, 0.717) is 24.7 Å². The molecule has 1 aromatic rings. The third-order valence-corrected chi connectivity index (χ3v) is 2.49. The molecule has 0 saturated heterocycles. The van der Waals surface area contributed by atoms with Gasteiger partial charge in [0, 0.05) is 6.07 Å². The lowest BCUT2D eigenvalue weighted by molar-refractivity contribution is -0.150. The molecule has 1 heterocycles. The Kier molecular flexibility index (Phi) is 3.37. The van der Waals surface area contributed by atoms with Crippen molar-refractivity contribution in [1.29, 1.82) is 0 Å². The second-order valence-corrected chi connectivity index (χ2v) is 3.60. The largest absolute Gasteiger partial charge is 0.497 e. The Hall–Kier alpha value is -1.91. The number of methoxy groups -OCH3 is 1. The topological polar surface area (TPSA) is 56.8 Å².